The maximum Gasteiger partial charge on any atom is 0.164 e. The highest BCUT2D eigenvalue weighted by Gasteiger charge is 2.18. The van der Waals surface area contributed by atoms with Crippen molar-refractivity contribution in [3.8, 4) is 67.8 Å². The van der Waals surface area contributed by atoms with Crippen molar-refractivity contribution in [2.45, 2.75) is 0 Å². The summed E-state index contributed by atoms with van der Waals surface area (Å²) in [5.74, 6) is 2.83. The van der Waals surface area contributed by atoms with Crippen LogP contribution in [0.3, 0.4) is 0 Å². The maximum atomic E-state index is 5.16. The van der Waals surface area contributed by atoms with E-state index in [0.29, 0.717) is 17.5 Å². The number of imidazole rings is 1. The predicted octanol–water partition coefficient (Wildman–Crippen LogP) is 12.1. The summed E-state index contributed by atoms with van der Waals surface area (Å²) < 4.78 is 2.41. The number of nitrogens with zero attached hydrogens (tertiary/aromatic N) is 4. The molecule has 0 aliphatic carbocycles. The number of nitrogens with one attached hydrogen (secondary N) is 1. The standard InChI is InChI=1S/C46H29N5S/c1-3-11-29(12-4-1)33-15-9-16-35(27-33)45-49-44(31-13-5-2-6-14-31)50-46(51-45)37-17-10-20-40-42(37)36-26-25-34(28-41(36)52-40)30-21-23-32(24-22-30)43-47-38-18-7-8-19-39(38)48-43/h1-28H,(H,47,48). The molecule has 0 unspecified atom stereocenters. The molecule has 0 saturated carbocycles. The fourth-order valence-corrected chi connectivity index (χ4v) is 8.08. The average Bonchev–Trinajstić information content (AvgIpc) is 3.83. The molecule has 0 fully saturated rings. The zero-order valence-electron chi connectivity index (χ0n) is 27.9. The van der Waals surface area contributed by atoms with Gasteiger partial charge in [-0.3, -0.25) is 0 Å². The molecule has 0 bridgehead atoms. The number of rotatable bonds is 6. The van der Waals surface area contributed by atoms with E-state index in [0.717, 1.165) is 61.2 Å². The average molecular weight is 684 g/mol. The number of hydrogen-bond donors (Lipinski definition) is 1. The van der Waals surface area contributed by atoms with Gasteiger partial charge in [-0.15, -0.1) is 11.3 Å². The molecular formula is C46H29N5S. The summed E-state index contributed by atoms with van der Waals surface area (Å²) in [6, 6.07) is 58.9. The van der Waals surface area contributed by atoms with Crippen molar-refractivity contribution in [1.29, 1.82) is 0 Å². The third kappa shape index (κ3) is 5.43. The largest absolute Gasteiger partial charge is 0.338 e. The van der Waals surface area contributed by atoms with Gasteiger partial charge in [0.1, 0.15) is 5.82 Å². The molecule has 3 aromatic heterocycles. The number of aromatic nitrogens is 5. The Kier molecular flexibility index (Phi) is 7.25. The normalized spacial score (nSPS) is 11.5. The lowest BCUT2D eigenvalue weighted by Crippen LogP contribution is -2.00. The van der Waals surface area contributed by atoms with Gasteiger partial charge in [-0.1, -0.05) is 140 Å². The highest BCUT2D eigenvalue weighted by molar-refractivity contribution is 7.26. The topological polar surface area (TPSA) is 67.3 Å². The van der Waals surface area contributed by atoms with Gasteiger partial charge in [-0.05, 0) is 52.6 Å². The maximum absolute atomic E-state index is 5.16. The van der Waals surface area contributed by atoms with Crippen LogP contribution in [0.4, 0.5) is 0 Å². The molecule has 1 N–H and O–H groups in total. The van der Waals surface area contributed by atoms with Gasteiger partial charge in [-0.2, -0.15) is 0 Å². The molecule has 10 rings (SSSR count). The van der Waals surface area contributed by atoms with Gasteiger partial charge in [0.2, 0.25) is 0 Å². The third-order valence-electron chi connectivity index (χ3n) is 9.51. The van der Waals surface area contributed by atoms with Gasteiger partial charge in [-0.25, -0.2) is 19.9 Å². The Labute approximate surface area is 304 Å². The van der Waals surface area contributed by atoms with Gasteiger partial charge < -0.3 is 4.98 Å². The SMILES string of the molecule is c1ccc(-c2cccc(-c3nc(-c4ccccc4)nc(-c4cccc5sc6cc(-c7ccc(-c8nc9ccccc9[nH]8)cc7)ccc6c45)n3)c2)cc1. The highest BCUT2D eigenvalue weighted by Crippen LogP contribution is 2.41. The molecule has 0 amide bonds. The van der Waals surface area contributed by atoms with Crippen molar-refractivity contribution in [1.82, 2.24) is 24.9 Å². The molecular weight excluding hydrogens is 655 g/mol. The molecule has 0 aliphatic rings. The first-order valence-electron chi connectivity index (χ1n) is 17.2. The Morgan fingerprint density at radius 1 is 0.385 bits per heavy atom. The van der Waals surface area contributed by atoms with Crippen LogP contribution >= 0.6 is 11.3 Å². The Morgan fingerprint density at radius 3 is 1.79 bits per heavy atom. The molecule has 244 valence electrons. The van der Waals surface area contributed by atoms with Crippen LogP contribution in [0, 0.1) is 0 Å². The van der Waals surface area contributed by atoms with E-state index in [4.69, 9.17) is 19.9 Å². The van der Waals surface area contributed by atoms with Crippen molar-refractivity contribution in [3.05, 3.63) is 170 Å². The van der Waals surface area contributed by atoms with Crippen molar-refractivity contribution in [2.24, 2.45) is 0 Å². The lowest BCUT2D eigenvalue weighted by atomic mass is 10.0. The molecule has 0 radical (unpaired) electrons. The van der Waals surface area contributed by atoms with Crippen molar-refractivity contribution in [3.63, 3.8) is 0 Å². The van der Waals surface area contributed by atoms with Crippen molar-refractivity contribution < 1.29 is 0 Å². The van der Waals surface area contributed by atoms with E-state index in [-0.39, 0.29) is 0 Å². The number of para-hydroxylation sites is 2. The van der Waals surface area contributed by atoms with Gasteiger partial charge in [0.05, 0.1) is 11.0 Å². The fourth-order valence-electron chi connectivity index (χ4n) is 6.91. The zero-order chi connectivity index (χ0) is 34.4. The van der Waals surface area contributed by atoms with E-state index in [1.165, 1.54) is 20.3 Å². The van der Waals surface area contributed by atoms with E-state index in [2.05, 4.69) is 132 Å². The first kappa shape index (κ1) is 30.1. The third-order valence-corrected chi connectivity index (χ3v) is 10.6. The van der Waals surface area contributed by atoms with Crippen LogP contribution in [0.5, 0.6) is 0 Å². The van der Waals surface area contributed by atoms with E-state index >= 15 is 0 Å². The quantitative estimate of drug-likeness (QED) is 0.189. The molecule has 7 aromatic carbocycles. The van der Waals surface area contributed by atoms with E-state index < -0.39 is 0 Å². The van der Waals surface area contributed by atoms with Crippen molar-refractivity contribution >= 4 is 42.5 Å². The van der Waals surface area contributed by atoms with E-state index in [1.807, 2.05) is 42.5 Å². The van der Waals surface area contributed by atoms with Gasteiger partial charge in [0.15, 0.2) is 17.5 Å². The summed E-state index contributed by atoms with van der Waals surface area (Å²) in [4.78, 5) is 23.5. The monoisotopic (exact) mass is 683 g/mol. The minimum absolute atomic E-state index is 0.645. The molecule has 0 saturated heterocycles. The van der Waals surface area contributed by atoms with Crippen molar-refractivity contribution in [2.75, 3.05) is 0 Å². The second kappa shape index (κ2) is 12.5. The first-order valence-corrected chi connectivity index (χ1v) is 18.0. The molecule has 0 spiro atoms. The molecule has 10 aromatic rings. The predicted molar refractivity (Wildman–Crippen MR) is 215 cm³/mol. The molecule has 52 heavy (non-hydrogen) atoms. The molecule has 0 atom stereocenters. The van der Waals surface area contributed by atoms with Crippen LogP contribution in [0.1, 0.15) is 0 Å². The number of aromatic amines is 1. The second-order valence-electron chi connectivity index (χ2n) is 12.8. The minimum atomic E-state index is 0.645. The van der Waals surface area contributed by atoms with Crippen LogP contribution in [-0.2, 0) is 0 Å². The van der Waals surface area contributed by atoms with E-state index in [9.17, 15) is 0 Å². The van der Waals surface area contributed by atoms with Crippen LogP contribution < -0.4 is 0 Å². The van der Waals surface area contributed by atoms with Crippen LogP contribution in [0.25, 0.3) is 99.0 Å². The minimum Gasteiger partial charge on any atom is -0.338 e. The zero-order valence-corrected chi connectivity index (χ0v) is 28.7. The number of fused-ring (bicyclic) bond motifs is 4. The molecule has 0 aliphatic heterocycles. The second-order valence-corrected chi connectivity index (χ2v) is 13.9. The Balaban J connectivity index is 1.06. The van der Waals surface area contributed by atoms with Gasteiger partial charge in [0, 0.05) is 42.4 Å². The summed E-state index contributed by atoms with van der Waals surface area (Å²) >= 11 is 1.80. The number of hydrogen-bond acceptors (Lipinski definition) is 5. The highest BCUT2D eigenvalue weighted by atomic mass is 32.1. The van der Waals surface area contributed by atoms with Crippen LogP contribution in [-0.4, -0.2) is 24.9 Å². The number of thiophene rings is 1. The summed E-state index contributed by atoms with van der Waals surface area (Å²) in [5, 5.41) is 2.34. The number of H-pyrrole nitrogens is 1. The smallest absolute Gasteiger partial charge is 0.164 e. The Morgan fingerprint density at radius 2 is 0.981 bits per heavy atom. The summed E-state index contributed by atoms with van der Waals surface area (Å²) in [6.07, 6.45) is 0. The van der Waals surface area contributed by atoms with Gasteiger partial charge in [0.25, 0.3) is 0 Å². The number of benzene rings is 7. The van der Waals surface area contributed by atoms with Crippen LogP contribution in [0.15, 0.2) is 170 Å². The fraction of sp³-hybridized carbons (Fsp3) is 0. The molecule has 6 heteroatoms. The lowest BCUT2D eigenvalue weighted by molar-refractivity contribution is 1.08. The van der Waals surface area contributed by atoms with E-state index in [1.54, 1.807) is 11.3 Å². The molecule has 3 heterocycles. The summed E-state index contributed by atoms with van der Waals surface area (Å²) in [7, 11) is 0. The van der Waals surface area contributed by atoms with Gasteiger partial charge >= 0.3 is 0 Å². The lowest BCUT2D eigenvalue weighted by Gasteiger charge is -2.10. The Hall–Kier alpha value is -6.76. The summed E-state index contributed by atoms with van der Waals surface area (Å²) in [6.45, 7) is 0. The van der Waals surface area contributed by atoms with Crippen LogP contribution in [0.2, 0.25) is 0 Å². The Bertz CT molecular complexity index is 2860. The summed E-state index contributed by atoms with van der Waals surface area (Å²) in [5.41, 5.74) is 10.6. The molecule has 5 nitrogen and oxygen atoms in total. The first-order chi connectivity index (χ1) is 25.7.